The van der Waals surface area contributed by atoms with Crippen molar-refractivity contribution in [3.05, 3.63) is 110 Å². The number of phenols is 2. The molecule has 13 heteroatoms. The molecule has 5 aromatic carbocycles. The summed E-state index contributed by atoms with van der Waals surface area (Å²) in [6.07, 6.45) is 2.23. The van der Waals surface area contributed by atoms with Gasteiger partial charge in [-0.15, -0.1) is 0 Å². The Balaban J connectivity index is 0.000000249. The highest BCUT2D eigenvalue weighted by molar-refractivity contribution is 6.37. The van der Waals surface area contributed by atoms with Crippen molar-refractivity contribution in [2.75, 3.05) is 36.1 Å². The van der Waals surface area contributed by atoms with E-state index in [2.05, 4.69) is 41.2 Å². The van der Waals surface area contributed by atoms with Gasteiger partial charge < -0.3 is 41.0 Å². The number of aromatic hydroxyl groups is 2. The molecule has 1 unspecified atom stereocenters. The predicted octanol–water partition coefficient (Wildman–Crippen LogP) is 10.8. The molecule has 5 aromatic rings. The molecule has 320 valence electrons. The summed E-state index contributed by atoms with van der Waals surface area (Å²) in [4.78, 5) is 36.9. The number of carbonyl (C=O) groups is 3. The fourth-order valence-electron chi connectivity index (χ4n) is 6.54. The van der Waals surface area contributed by atoms with Crippen LogP contribution in [-0.2, 0) is 16.0 Å². The number of hydrogen-bond donors (Lipinski definition) is 6. The van der Waals surface area contributed by atoms with Crippen molar-refractivity contribution in [1.82, 2.24) is 5.32 Å². The Morgan fingerprint density at radius 3 is 2.10 bits per heavy atom. The third-order valence-corrected chi connectivity index (χ3v) is 10.1. The second kappa shape index (κ2) is 22.1. The molecule has 0 saturated heterocycles. The molecule has 1 aliphatic heterocycles. The fraction of sp³-hybridized carbons (Fsp3) is 0.340. The quantitative estimate of drug-likeness (QED) is 0.0534. The lowest BCUT2D eigenvalue weighted by atomic mass is 10.0. The maximum Gasteiger partial charge on any atom is 0.265 e. The SMILES string of the molecule is CCC.CCC(Oc1ccc(C)cc1C)C(=O)Nc1cc(Cl)c2c(c1O)CCC(=O)N2.CNc1cccc2c(O)c(C(=O)NCCCOc3ccc(C)cc3C)cc(Cl)c12. The Labute approximate surface area is 362 Å². The van der Waals surface area contributed by atoms with E-state index in [1.54, 1.807) is 19.2 Å². The van der Waals surface area contributed by atoms with E-state index in [9.17, 15) is 24.6 Å². The fourth-order valence-corrected chi connectivity index (χ4v) is 7.12. The number of amides is 3. The second-order valence-corrected chi connectivity index (χ2v) is 15.4. The smallest absolute Gasteiger partial charge is 0.265 e. The van der Waals surface area contributed by atoms with E-state index in [4.69, 9.17) is 32.7 Å². The summed E-state index contributed by atoms with van der Waals surface area (Å²) < 4.78 is 11.7. The van der Waals surface area contributed by atoms with E-state index in [0.29, 0.717) is 65.2 Å². The number of nitrogens with one attached hydrogen (secondary N) is 4. The van der Waals surface area contributed by atoms with E-state index in [-0.39, 0.29) is 51.9 Å². The third kappa shape index (κ3) is 12.0. The molecule has 0 spiro atoms. The monoisotopic (exact) mass is 858 g/mol. The van der Waals surface area contributed by atoms with Gasteiger partial charge in [-0.25, -0.2) is 0 Å². The zero-order chi connectivity index (χ0) is 44.1. The van der Waals surface area contributed by atoms with Crippen molar-refractivity contribution in [3.8, 4) is 23.0 Å². The average Bonchev–Trinajstić information content (AvgIpc) is 3.21. The number of anilines is 3. The van der Waals surface area contributed by atoms with Gasteiger partial charge in [0.2, 0.25) is 5.91 Å². The van der Waals surface area contributed by atoms with Crippen molar-refractivity contribution in [3.63, 3.8) is 0 Å². The summed E-state index contributed by atoms with van der Waals surface area (Å²) in [6.45, 7) is 15.0. The molecule has 6 N–H and O–H groups in total. The Bertz CT molecular complexity index is 2330. The molecule has 1 heterocycles. The molecule has 6 rings (SSSR count). The van der Waals surface area contributed by atoms with Crippen LogP contribution in [-0.4, -0.2) is 54.2 Å². The van der Waals surface area contributed by atoms with E-state index < -0.39 is 6.10 Å². The average molecular weight is 860 g/mol. The van der Waals surface area contributed by atoms with Gasteiger partial charge in [0.1, 0.15) is 23.0 Å². The normalized spacial score (nSPS) is 12.1. The van der Waals surface area contributed by atoms with Crippen LogP contribution in [0.3, 0.4) is 0 Å². The molecule has 60 heavy (non-hydrogen) atoms. The number of halogens is 2. The topological polar surface area (TPSA) is 158 Å². The Morgan fingerprint density at radius 1 is 0.833 bits per heavy atom. The molecule has 1 aliphatic rings. The van der Waals surface area contributed by atoms with Crippen molar-refractivity contribution in [2.45, 2.75) is 86.7 Å². The highest BCUT2D eigenvalue weighted by atomic mass is 35.5. The van der Waals surface area contributed by atoms with Gasteiger partial charge in [-0.3, -0.25) is 14.4 Å². The van der Waals surface area contributed by atoms with Crippen LogP contribution in [0.25, 0.3) is 10.8 Å². The summed E-state index contributed by atoms with van der Waals surface area (Å²) in [5.74, 6) is 0.420. The molecular weight excluding hydrogens is 803 g/mol. The summed E-state index contributed by atoms with van der Waals surface area (Å²) in [5.41, 5.74) is 6.41. The molecular formula is C47H56Cl2N4O7. The lowest BCUT2D eigenvalue weighted by molar-refractivity contribution is -0.123. The Kier molecular flexibility index (Phi) is 17.3. The Hall–Kier alpha value is -5.65. The van der Waals surface area contributed by atoms with E-state index in [1.807, 2.05) is 71.0 Å². The van der Waals surface area contributed by atoms with Gasteiger partial charge in [-0.05, 0) is 88.4 Å². The van der Waals surface area contributed by atoms with Crippen molar-refractivity contribution < 1.29 is 34.1 Å². The largest absolute Gasteiger partial charge is 0.506 e. The van der Waals surface area contributed by atoms with Gasteiger partial charge in [0.15, 0.2) is 6.10 Å². The summed E-state index contributed by atoms with van der Waals surface area (Å²) in [7, 11) is 1.78. The van der Waals surface area contributed by atoms with Crippen LogP contribution in [0.4, 0.5) is 17.1 Å². The first-order valence-corrected chi connectivity index (χ1v) is 20.9. The standard InChI is InChI=1S/C23H25ClN2O3.C21H23ClN2O4.C3H8/c1-14-8-9-20(15(2)12-14)29-11-5-10-26-23(28)17-13-18(24)21-16(22(17)27)6-4-7-19(21)25-3;1-4-16(28-17-7-5-11(2)9-12(17)3)21(27)23-15-10-14(22)19-13(20(15)26)6-8-18(25)24-19;1-3-2/h4,6-9,12-13,25,27H,5,10-11H2,1-3H3,(H,26,28);5,7,9-10,16,26H,4,6,8H2,1-3H3,(H,23,27)(H,24,25);3H2,1-2H3. The number of benzene rings is 5. The maximum absolute atomic E-state index is 12.7. The number of fused-ring (bicyclic) bond motifs is 2. The lowest BCUT2D eigenvalue weighted by Gasteiger charge is -2.23. The van der Waals surface area contributed by atoms with Crippen molar-refractivity contribution in [2.24, 2.45) is 0 Å². The minimum atomic E-state index is -0.727. The van der Waals surface area contributed by atoms with Crippen molar-refractivity contribution in [1.29, 1.82) is 0 Å². The van der Waals surface area contributed by atoms with Crippen LogP contribution in [0.15, 0.2) is 66.7 Å². The first kappa shape index (κ1) is 47.0. The highest BCUT2D eigenvalue weighted by Crippen LogP contribution is 2.42. The summed E-state index contributed by atoms with van der Waals surface area (Å²) in [5, 5.41) is 34.3. The second-order valence-electron chi connectivity index (χ2n) is 14.6. The number of ether oxygens (including phenoxy) is 2. The summed E-state index contributed by atoms with van der Waals surface area (Å²) in [6, 6.07) is 20.1. The van der Waals surface area contributed by atoms with Crippen LogP contribution in [0.2, 0.25) is 10.0 Å². The van der Waals surface area contributed by atoms with Gasteiger partial charge in [0.25, 0.3) is 11.8 Å². The van der Waals surface area contributed by atoms with Gasteiger partial charge in [0.05, 0.1) is 33.6 Å². The molecule has 1 atom stereocenters. The number of rotatable bonds is 12. The van der Waals surface area contributed by atoms with Gasteiger partial charge in [0, 0.05) is 42.0 Å². The van der Waals surface area contributed by atoms with Crippen LogP contribution < -0.4 is 30.7 Å². The van der Waals surface area contributed by atoms with Crippen LogP contribution in [0.5, 0.6) is 23.0 Å². The van der Waals surface area contributed by atoms with Crippen LogP contribution >= 0.6 is 23.2 Å². The minimum Gasteiger partial charge on any atom is -0.506 e. The Morgan fingerprint density at radius 2 is 1.48 bits per heavy atom. The molecule has 0 fully saturated rings. The number of hydrogen-bond acceptors (Lipinski definition) is 8. The van der Waals surface area contributed by atoms with Gasteiger partial charge in [-0.2, -0.15) is 0 Å². The first-order chi connectivity index (χ1) is 28.6. The predicted molar refractivity (Wildman–Crippen MR) is 244 cm³/mol. The number of phenolic OH excluding ortho intramolecular Hbond substituents is 2. The zero-order valence-electron chi connectivity index (χ0n) is 35.6. The van der Waals surface area contributed by atoms with Gasteiger partial charge in [-0.1, -0.05) is 97.9 Å². The highest BCUT2D eigenvalue weighted by Gasteiger charge is 2.26. The summed E-state index contributed by atoms with van der Waals surface area (Å²) >= 11 is 12.6. The van der Waals surface area contributed by atoms with Crippen LogP contribution in [0, 0.1) is 27.7 Å². The van der Waals surface area contributed by atoms with Gasteiger partial charge >= 0.3 is 0 Å². The number of aryl methyl sites for hydroxylation is 4. The molecule has 11 nitrogen and oxygen atoms in total. The van der Waals surface area contributed by atoms with E-state index in [1.165, 1.54) is 24.1 Å². The lowest BCUT2D eigenvalue weighted by Crippen LogP contribution is -2.32. The molecule has 3 amide bonds. The molecule has 0 aromatic heterocycles. The minimum absolute atomic E-state index is 0.0782. The van der Waals surface area contributed by atoms with Crippen LogP contribution in [0.1, 0.15) is 84.6 Å². The van der Waals surface area contributed by atoms with Crippen molar-refractivity contribution >= 4 is 68.8 Å². The number of carbonyl (C=O) groups excluding carboxylic acids is 3. The molecule has 0 aliphatic carbocycles. The first-order valence-electron chi connectivity index (χ1n) is 20.1. The van der Waals surface area contributed by atoms with E-state index in [0.717, 1.165) is 28.1 Å². The third-order valence-electron chi connectivity index (χ3n) is 9.53. The maximum atomic E-state index is 12.7. The molecule has 0 saturated carbocycles. The zero-order valence-corrected chi connectivity index (χ0v) is 37.1. The van der Waals surface area contributed by atoms with E-state index >= 15 is 0 Å². The molecule has 0 radical (unpaired) electrons. The molecule has 0 bridgehead atoms.